The van der Waals surface area contributed by atoms with Crippen LogP contribution in [0.15, 0.2) is 12.2 Å². The Kier molecular flexibility index (Phi) is 38.5. The molecule has 308 valence electrons. The summed E-state index contributed by atoms with van der Waals surface area (Å²) in [6, 6.07) is 0. The molecule has 1 unspecified atom stereocenters. The van der Waals surface area contributed by atoms with Crippen LogP contribution in [-0.4, -0.2) is 49.3 Å². The van der Waals surface area contributed by atoms with Gasteiger partial charge in [-0.15, -0.1) is 0 Å². The third-order valence-electron chi connectivity index (χ3n) is 9.40. The molecule has 0 aliphatic heterocycles. The molecule has 0 aliphatic rings. The van der Waals surface area contributed by atoms with Crippen molar-refractivity contribution in [3.05, 3.63) is 12.2 Å². The lowest BCUT2D eigenvalue weighted by atomic mass is 10.0. The monoisotopic (exact) mass is 760 g/mol. The molecule has 0 aromatic carbocycles. The average molecular weight is 760 g/mol. The SMILES string of the molecule is CCCCCCCCCC/C=C\CCCCCCCCCC(=O)O[C@H](COC(=O)CCCCCCCCCCCCCC)COP(=O)(O)OCCN. The quantitative estimate of drug-likeness (QED) is 0.0270. The third-order valence-corrected chi connectivity index (χ3v) is 10.4. The number of phosphoric ester groups is 1. The van der Waals surface area contributed by atoms with Gasteiger partial charge in [-0.25, -0.2) is 4.57 Å². The molecule has 2 atom stereocenters. The first-order valence-corrected chi connectivity index (χ1v) is 23.2. The maximum atomic E-state index is 12.6. The highest BCUT2D eigenvalue weighted by atomic mass is 31.2. The molecule has 0 amide bonds. The van der Waals surface area contributed by atoms with Crippen molar-refractivity contribution in [2.75, 3.05) is 26.4 Å². The Morgan fingerprint density at radius 1 is 0.558 bits per heavy atom. The molecular formula is C42H82NO8P. The van der Waals surface area contributed by atoms with E-state index in [1.807, 2.05) is 0 Å². The molecule has 0 rings (SSSR count). The topological polar surface area (TPSA) is 134 Å². The van der Waals surface area contributed by atoms with Gasteiger partial charge in [0.15, 0.2) is 6.10 Å². The minimum Gasteiger partial charge on any atom is -0.462 e. The van der Waals surface area contributed by atoms with E-state index in [1.165, 1.54) is 135 Å². The molecule has 0 aliphatic carbocycles. The van der Waals surface area contributed by atoms with Gasteiger partial charge in [0.05, 0.1) is 13.2 Å². The van der Waals surface area contributed by atoms with E-state index < -0.39 is 26.5 Å². The summed E-state index contributed by atoms with van der Waals surface area (Å²) < 4.78 is 32.7. The van der Waals surface area contributed by atoms with Crippen molar-refractivity contribution in [3.63, 3.8) is 0 Å². The van der Waals surface area contributed by atoms with Crippen molar-refractivity contribution in [3.8, 4) is 0 Å². The normalized spacial score (nSPS) is 13.4. The Morgan fingerprint density at radius 2 is 0.942 bits per heavy atom. The van der Waals surface area contributed by atoms with Crippen LogP contribution in [0.2, 0.25) is 0 Å². The van der Waals surface area contributed by atoms with Gasteiger partial charge in [0.25, 0.3) is 0 Å². The maximum Gasteiger partial charge on any atom is 0.472 e. The fourth-order valence-electron chi connectivity index (χ4n) is 6.16. The number of hydrogen-bond donors (Lipinski definition) is 2. The number of allylic oxidation sites excluding steroid dienone is 2. The smallest absolute Gasteiger partial charge is 0.462 e. The predicted molar refractivity (Wildman–Crippen MR) is 215 cm³/mol. The molecule has 0 heterocycles. The zero-order valence-electron chi connectivity index (χ0n) is 33.8. The molecule has 0 aromatic rings. The van der Waals surface area contributed by atoms with Crippen LogP contribution in [0.1, 0.15) is 213 Å². The zero-order chi connectivity index (χ0) is 38.2. The van der Waals surface area contributed by atoms with E-state index in [-0.39, 0.29) is 38.6 Å². The van der Waals surface area contributed by atoms with Crippen LogP contribution in [-0.2, 0) is 32.7 Å². The van der Waals surface area contributed by atoms with Crippen molar-refractivity contribution in [2.45, 2.75) is 219 Å². The van der Waals surface area contributed by atoms with E-state index in [9.17, 15) is 19.0 Å². The molecule has 0 aromatic heterocycles. The Hall–Kier alpha value is -1.25. The first-order valence-electron chi connectivity index (χ1n) is 21.7. The highest BCUT2D eigenvalue weighted by Gasteiger charge is 2.26. The van der Waals surface area contributed by atoms with Crippen molar-refractivity contribution in [1.82, 2.24) is 0 Å². The van der Waals surface area contributed by atoms with Crippen molar-refractivity contribution in [2.24, 2.45) is 5.73 Å². The van der Waals surface area contributed by atoms with Crippen molar-refractivity contribution >= 4 is 19.8 Å². The number of esters is 2. The van der Waals surface area contributed by atoms with Crippen LogP contribution in [0.5, 0.6) is 0 Å². The van der Waals surface area contributed by atoms with E-state index in [0.717, 1.165) is 44.9 Å². The molecule has 0 radical (unpaired) electrons. The average Bonchev–Trinajstić information content (AvgIpc) is 3.13. The fourth-order valence-corrected chi connectivity index (χ4v) is 6.92. The minimum atomic E-state index is -4.37. The van der Waals surface area contributed by atoms with Crippen LogP contribution in [0, 0.1) is 0 Å². The molecule has 0 spiro atoms. The van der Waals surface area contributed by atoms with E-state index in [0.29, 0.717) is 6.42 Å². The Morgan fingerprint density at radius 3 is 1.37 bits per heavy atom. The summed E-state index contributed by atoms with van der Waals surface area (Å²) in [6.07, 6.45) is 39.5. The van der Waals surface area contributed by atoms with Gasteiger partial charge in [0.2, 0.25) is 0 Å². The molecule has 0 saturated carbocycles. The number of phosphoric acid groups is 1. The summed E-state index contributed by atoms with van der Waals surface area (Å²) in [5.41, 5.74) is 5.34. The Labute approximate surface area is 319 Å². The van der Waals surface area contributed by atoms with Gasteiger partial charge in [0.1, 0.15) is 6.61 Å². The van der Waals surface area contributed by atoms with Gasteiger partial charge >= 0.3 is 19.8 Å². The highest BCUT2D eigenvalue weighted by molar-refractivity contribution is 7.47. The molecule has 9 nitrogen and oxygen atoms in total. The number of carbonyl (C=O) groups excluding carboxylic acids is 2. The molecular weight excluding hydrogens is 677 g/mol. The minimum absolute atomic E-state index is 0.0554. The van der Waals surface area contributed by atoms with Gasteiger partial charge in [-0.05, 0) is 38.5 Å². The predicted octanol–water partition coefficient (Wildman–Crippen LogP) is 12.2. The summed E-state index contributed by atoms with van der Waals surface area (Å²) in [7, 11) is -4.37. The first-order chi connectivity index (χ1) is 25.3. The van der Waals surface area contributed by atoms with Crippen LogP contribution in [0.3, 0.4) is 0 Å². The number of rotatable bonds is 41. The molecule has 3 N–H and O–H groups in total. The summed E-state index contributed by atoms with van der Waals surface area (Å²) >= 11 is 0. The Bertz CT molecular complexity index is 871. The number of nitrogens with two attached hydrogens (primary N) is 1. The first kappa shape index (κ1) is 50.8. The number of ether oxygens (including phenoxy) is 2. The highest BCUT2D eigenvalue weighted by Crippen LogP contribution is 2.43. The lowest BCUT2D eigenvalue weighted by Crippen LogP contribution is -2.29. The van der Waals surface area contributed by atoms with Crippen LogP contribution < -0.4 is 5.73 Å². The standard InChI is InChI=1S/C42H82NO8P/c1-3-5-7-9-11-13-15-17-18-19-20-21-22-23-25-27-29-31-33-35-42(45)51-40(39-50-52(46,47)49-37-36-43)38-48-41(44)34-32-30-28-26-24-16-14-12-10-8-6-4-2/h19-20,40H,3-18,21-39,43H2,1-2H3,(H,46,47)/b20-19-/t40-/m1/s1. The second-order valence-corrected chi connectivity index (χ2v) is 16.0. The number of hydrogen-bond acceptors (Lipinski definition) is 8. The third kappa shape index (κ3) is 38.5. The summed E-state index contributed by atoms with van der Waals surface area (Å²) in [6.45, 7) is 3.74. The largest absolute Gasteiger partial charge is 0.472 e. The van der Waals surface area contributed by atoms with Crippen LogP contribution >= 0.6 is 7.82 Å². The maximum absolute atomic E-state index is 12.6. The van der Waals surface area contributed by atoms with E-state index in [4.69, 9.17) is 24.3 Å². The Balaban J connectivity index is 4.11. The van der Waals surface area contributed by atoms with Gasteiger partial charge in [-0.1, -0.05) is 174 Å². The van der Waals surface area contributed by atoms with Gasteiger partial charge in [-0.3, -0.25) is 18.6 Å². The van der Waals surface area contributed by atoms with Crippen molar-refractivity contribution in [1.29, 1.82) is 0 Å². The lowest BCUT2D eigenvalue weighted by Gasteiger charge is -2.19. The molecule has 10 heteroatoms. The van der Waals surface area contributed by atoms with Gasteiger partial charge in [-0.2, -0.15) is 0 Å². The summed E-state index contributed by atoms with van der Waals surface area (Å²) in [4.78, 5) is 34.8. The zero-order valence-corrected chi connectivity index (χ0v) is 34.7. The summed E-state index contributed by atoms with van der Waals surface area (Å²) in [5, 5.41) is 0. The lowest BCUT2D eigenvalue weighted by molar-refractivity contribution is -0.161. The number of carbonyl (C=O) groups is 2. The molecule has 0 bridgehead atoms. The molecule has 0 fully saturated rings. The van der Waals surface area contributed by atoms with E-state index in [1.54, 1.807) is 0 Å². The van der Waals surface area contributed by atoms with Crippen molar-refractivity contribution < 1.29 is 37.6 Å². The van der Waals surface area contributed by atoms with Crippen LogP contribution in [0.4, 0.5) is 0 Å². The van der Waals surface area contributed by atoms with Crippen LogP contribution in [0.25, 0.3) is 0 Å². The second kappa shape index (κ2) is 39.4. The van der Waals surface area contributed by atoms with Gasteiger partial charge < -0.3 is 20.1 Å². The molecule has 0 saturated heterocycles. The number of unbranched alkanes of at least 4 members (excludes halogenated alkanes) is 26. The summed E-state index contributed by atoms with van der Waals surface area (Å²) in [5.74, 6) is -0.825. The van der Waals surface area contributed by atoms with Gasteiger partial charge in [0, 0.05) is 19.4 Å². The fraction of sp³-hybridized carbons (Fsp3) is 0.905. The van der Waals surface area contributed by atoms with E-state index >= 15 is 0 Å². The second-order valence-electron chi connectivity index (χ2n) is 14.6. The van der Waals surface area contributed by atoms with E-state index in [2.05, 4.69) is 26.0 Å². The molecule has 52 heavy (non-hydrogen) atoms.